The number of hydrogen-bond acceptors (Lipinski definition) is 6. The molecule has 21 heavy (non-hydrogen) atoms. The summed E-state index contributed by atoms with van der Waals surface area (Å²) in [4.78, 5) is 20.4. The van der Waals surface area contributed by atoms with Crippen LogP contribution in [0.25, 0.3) is 0 Å². The first-order valence-electron chi connectivity index (χ1n) is 6.86. The second-order valence-corrected chi connectivity index (χ2v) is 5.17. The summed E-state index contributed by atoms with van der Waals surface area (Å²) >= 11 is 0. The smallest absolute Gasteiger partial charge is 0.299 e. The van der Waals surface area contributed by atoms with Gasteiger partial charge in [-0.15, -0.1) is 0 Å². The maximum atomic E-state index is 11.1. The molecule has 1 saturated carbocycles. The van der Waals surface area contributed by atoms with E-state index in [2.05, 4.69) is 5.32 Å². The van der Waals surface area contributed by atoms with Crippen LogP contribution in [-0.2, 0) is 0 Å². The standard InChI is InChI=1S/C13H17N3O5/c17-13-5-3-1-2-4-11(13)14-10-7-6-9(15(18)19)8-12(10)16(20)21/h6-8,11,13-14,17H,1-5H2. The lowest BCUT2D eigenvalue weighted by Gasteiger charge is -2.22. The highest BCUT2D eigenvalue weighted by atomic mass is 16.6. The molecule has 0 heterocycles. The minimum absolute atomic E-state index is 0.205. The molecule has 2 atom stereocenters. The van der Waals surface area contributed by atoms with Crippen molar-refractivity contribution in [2.24, 2.45) is 0 Å². The number of rotatable bonds is 4. The van der Waals surface area contributed by atoms with Crippen LogP contribution in [0.15, 0.2) is 18.2 Å². The molecule has 0 bridgehead atoms. The number of benzene rings is 1. The molecular weight excluding hydrogens is 278 g/mol. The van der Waals surface area contributed by atoms with Crippen LogP contribution in [0.1, 0.15) is 32.1 Å². The van der Waals surface area contributed by atoms with Gasteiger partial charge in [-0.05, 0) is 18.9 Å². The van der Waals surface area contributed by atoms with Crippen LogP contribution in [0, 0.1) is 20.2 Å². The molecule has 1 aromatic carbocycles. The van der Waals surface area contributed by atoms with Gasteiger partial charge in [0.25, 0.3) is 11.4 Å². The zero-order valence-electron chi connectivity index (χ0n) is 11.4. The molecule has 2 rings (SSSR count). The van der Waals surface area contributed by atoms with Crippen molar-refractivity contribution in [3.05, 3.63) is 38.4 Å². The molecule has 0 saturated heterocycles. The van der Waals surface area contributed by atoms with Gasteiger partial charge < -0.3 is 10.4 Å². The van der Waals surface area contributed by atoms with Crippen molar-refractivity contribution >= 4 is 17.1 Å². The highest BCUT2D eigenvalue weighted by molar-refractivity contribution is 5.65. The van der Waals surface area contributed by atoms with Gasteiger partial charge in [0.2, 0.25) is 0 Å². The molecule has 1 aromatic rings. The molecule has 0 aromatic heterocycles. The summed E-state index contributed by atoms with van der Waals surface area (Å²) < 4.78 is 0. The predicted octanol–water partition coefficient (Wildman–Crippen LogP) is 2.61. The van der Waals surface area contributed by atoms with Gasteiger partial charge in [0.1, 0.15) is 5.69 Å². The third-order valence-corrected chi connectivity index (χ3v) is 3.71. The zero-order valence-corrected chi connectivity index (χ0v) is 11.4. The molecule has 8 nitrogen and oxygen atoms in total. The molecule has 114 valence electrons. The highest BCUT2D eigenvalue weighted by Gasteiger charge is 2.25. The summed E-state index contributed by atoms with van der Waals surface area (Å²) in [5, 5.41) is 34.8. The molecule has 8 heteroatoms. The Balaban J connectivity index is 2.26. The lowest BCUT2D eigenvalue weighted by molar-refractivity contribution is -0.393. The van der Waals surface area contributed by atoms with Crippen LogP contribution in [0.5, 0.6) is 0 Å². The molecule has 2 unspecified atom stereocenters. The zero-order chi connectivity index (χ0) is 15.4. The molecule has 0 aliphatic heterocycles. The average molecular weight is 295 g/mol. The Morgan fingerprint density at radius 2 is 1.81 bits per heavy atom. The van der Waals surface area contributed by atoms with Gasteiger partial charge in [-0.3, -0.25) is 20.2 Å². The third kappa shape index (κ3) is 3.66. The molecule has 0 spiro atoms. The van der Waals surface area contributed by atoms with E-state index in [0.29, 0.717) is 6.42 Å². The van der Waals surface area contributed by atoms with Crippen molar-refractivity contribution in [3.63, 3.8) is 0 Å². The Morgan fingerprint density at radius 3 is 2.48 bits per heavy atom. The van der Waals surface area contributed by atoms with E-state index in [1.165, 1.54) is 12.1 Å². The minimum atomic E-state index is -0.669. The highest BCUT2D eigenvalue weighted by Crippen LogP contribution is 2.31. The van der Waals surface area contributed by atoms with Gasteiger partial charge in [-0.25, -0.2) is 0 Å². The van der Waals surface area contributed by atoms with Crippen molar-refractivity contribution < 1.29 is 15.0 Å². The van der Waals surface area contributed by atoms with Gasteiger partial charge in [0.15, 0.2) is 0 Å². The molecule has 1 aliphatic rings. The summed E-state index contributed by atoms with van der Waals surface area (Å²) in [6.45, 7) is 0. The molecular formula is C13H17N3O5. The molecule has 0 amide bonds. The summed E-state index contributed by atoms with van der Waals surface area (Å²) in [5.41, 5.74) is -0.467. The minimum Gasteiger partial charge on any atom is -0.391 e. The number of anilines is 1. The molecule has 0 radical (unpaired) electrons. The van der Waals surface area contributed by atoms with E-state index < -0.39 is 16.0 Å². The third-order valence-electron chi connectivity index (χ3n) is 3.71. The number of non-ortho nitro benzene ring substituents is 1. The van der Waals surface area contributed by atoms with Gasteiger partial charge in [-0.1, -0.05) is 19.3 Å². The Morgan fingerprint density at radius 1 is 1.10 bits per heavy atom. The second kappa shape index (κ2) is 6.49. The lowest BCUT2D eigenvalue weighted by Crippen LogP contribution is -2.32. The summed E-state index contributed by atoms with van der Waals surface area (Å²) in [6, 6.07) is 3.21. The van der Waals surface area contributed by atoms with E-state index in [4.69, 9.17) is 0 Å². The molecule has 1 aliphatic carbocycles. The Kier molecular flexibility index (Phi) is 4.69. The first kappa shape index (κ1) is 15.2. The van der Waals surface area contributed by atoms with Crippen molar-refractivity contribution in [1.29, 1.82) is 0 Å². The van der Waals surface area contributed by atoms with Crippen LogP contribution in [0.4, 0.5) is 17.1 Å². The first-order valence-corrected chi connectivity index (χ1v) is 6.86. The number of aliphatic hydroxyl groups is 1. The maximum absolute atomic E-state index is 11.1. The Bertz CT molecular complexity index is 549. The first-order chi connectivity index (χ1) is 9.99. The fraction of sp³-hybridized carbons (Fsp3) is 0.538. The van der Waals surface area contributed by atoms with Crippen LogP contribution < -0.4 is 5.32 Å². The average Bonchev–Trinajstić information content (AvgIpc) is 2.64. The predicted molar refractivity (Wildman–Crippen MR) is 76.3 cm³/mol. The Hall–Kier alpha value is -2.22. The number of nitrogens with one attached hydrogen (secondary N) is 1. The van der Waals surface area contributed by atoms with Gasteiger partial charge in [0, 0.05) is 6.07 Å². The van der Waals surface area contributed by atoms with Gasteiger partial charge in [-0.2, -0.15) is 0 Å². The van der Waals surface area contributed by atoms with Crippen LogP contribution >= 0.6 is 0 Å². The van der Waals surface area contributed by atoms with E-state index >= 15 is 0 Å². The number of aliphatic hydroxyl groups excluding tert-OH is 1. The molecule has 1 fully saturated rings. The molecule has 2 N–H and O–H groups in total. The van der Waals surface area contributed by atoms with Crippen LogP contribution in [-0.4, -0.2) is 27.1 Å². The van der Waals surface area contributed by atoms with Gasteiger partial charge in [0.05, 0.1) is 28.1 Å². The normalized spacial score (nSPS) is 22.3. The largest absolute Gasteiger partial charge is 0.391 e. The number of nitrogens with zero attached hydrogens (tertiary/aromatic N) is 2. The Labute approximate surface area is 121 Å². The van der Waals surface area contributed by atoms with Crippen LogP contribution in [0.2, 0.25) is 0 Å². The fourth-order valence-electron chi connectivity index (χ4n) is 2.56. The monoisotopic (exact) mass is 295 g/mol. The van der Waals surface area contributed by atoms with E-state index in [-0.39, 0.29) is 23.1 Å². The summed E-state index contributed by atoms with van der Waals surface area (Å²) in [7, 11) is 0. The summed E-state index contributed by atoms with van der Waals surface area (Å²) in [6.07, 6.45) is 3.70. The SMILES string of the molecule is O=[N+]([O-])c1ccc(NC2CCCCCC2O)c([N+](=O)[O-])c1. The van der Waals surface area contributed by atoms with Gasteiger partial charge >= 0.3 is 0 Å². The maximum Gasteiger partial charge on any atom is 0.299 e. The quantitative estimate of drug-likeness (QED) is 0.500. The van der Waals surface area contributed by atoms with Crippen molar-refractivity contribution in [2.75, 3.05) is 5.32 Å². The topological polar surface area (TPSA) is 119 Å². The number of nitro groups is 2. The van der Waals surface area contributed by atoms with Crippen molar-refractivity contribution in [3.8, 4) is 0 Å². The lowest BCUT2D eigenvalue weighted by atomic mass is 10.1. The van der Waals surface area contributed by atoms with E-state index in [1.807, 2.05) is 0 Å². The van der Waals surface area contributed by atoms with Crippen molar-refractivity contribution in [1.82, 2.24) is 0 Å². The summed E-state index contributed by atoms with van der Waals surface area (Å²) in [5.74, 6) is 0. The van der Waals surface area contributed by atoms with E-state index in [9.17, 15) is 25.3 Å². The fourth-order valence-corrected chi connectivity index (χ4v) is 2.56. The van der Waals surface area contributed by atoms with E-state index in [0.717, 1.165) is 31.7 Å². The number of hydrogen-bond donors (Lipinski definition) is 2. The van der Waals surface area contributed by atoms with Crippen LogP contribution in [0.3, 0.4) is 0 Å². The number of nitro benzene ring substituents is 2. The second-order valence-electron chi connectivity index (χ2n) is 5.17. The van der Waals surface area contributed by atoms with Crippen molar-refractivity contribution in [2.45, 2.75) is 44.2 Å². The van der Waals surface area contributed by atoms with E-state index in [1.54, 1.807) is 0 Å².